The Morgan fingerprint density at radius 2 is 2.18 bits per heavy atom. The molecule has 0 radical (unpaired) electrons. The zero-order valence-electron chi connectivity index (χ0n) is 9.49. The molecule has 0 spiro atoms. The summed E-state index contributed by atoms with van der Waals surface area (Å²) in [6.45, 7) is 0.771. The molecule has 0 amide bonds. The van der Waals surface area contributed by atoms with Gasteiger partial charge in [0.2, 0.25) is 0 Å². The predicted molar refractivity (Wildman–Crippen MR) is 73.0 cm³/mol. The van der Waals surface area contributed by atoms with Gasteiger partial charge in [-0.3, -0.25) is 14.3 Å². The van der Waals surface area contributed by atoms with Crippen LogP contribution in [0.1, 0.15) is 25.7 Å². The number of nitrogens with one attached hydrogen (secondary N) is 1. The summed E-state index contributed by atoms with van der Waals surface area (Å²) in [4.78, 5) is 25.3. The Hall–Kier alpha value is -0.590. The van der Waals surface area contributed by atoms with E-state index in [0.717, 1.165) is 18.4 Å². The molecule has 2 bridgehead atoms. The molecular formula is C12H15IN2O2. The molecule has 5 heteroatoms. The summed E-state index contributed by atoms with van der Waals surface area (Å²) in [5.41, 5.74) is -0.544. The summed E-state index contributed by atoms with van der Waals surface area (Å²) in [6, 6.07) is 0. The van der Waals surface area contributed by atoms with Crippen LogP contribution < -0.4 is 11.2 Å². The van der Waals surface area contributed by atoms with Gasteiger partial charge in [0.25, 0.3) is 5.56 Å². The van der Waals surface area contributed by atoms with Gasteiger partial charge in [-0.2, -0.15) is 0 Å². The van der Waals surface area contributed by atoms with E-state index in [2.05, 4.69) is 4.98 Å². The van der Waals surface area contributed by atoms with E-state index in [4.69, 9.17) is 0 Å². The van der Waals surface area contributed by atoms with E-state index >= 15 is 0 Å². The van der Waals surface area contributed by atoms with Crippen molar-refractivity contribution in [2.24, 2.45) is 17.8 Å². The normalized spacial score (nSPS) is 31.0. The maximum atomic E-state index is 11.7. The van der Waals surface area contributed by atoms with Crippen molar-refractivity contribution < 1.29 is 0 Å². The summed E-state index contributed by atoms with van der Waals surface area (Å²) >= 11 is 1.97. The number of aromatic nitrogens is 2. The van der Waals surface area contributed by atoms with Crippen molar-refractivity contribution in [1.82, 2.24) is 9.55 Å². The number of hydrogen-bond donors (Lipinski definition) is 1. The zero-order chi connectivity index (χ0) is 12.0. The molecule has 92 valence electrons. The lowest BCUT2D eigenvalue weighted by Gasteiger charge is -2.22. The minimum Gasteiger partial charge on any atom is -0.299 e. The maximum Gasteiger partial charge on any atom is 0.328 e. The van der Waals surface area contributed by atoms with Crippen molar-refractivity contribution in [2.45, 2.75) is 32.2 Å². The second-order valence-electron chi connectivity index (χ2n) is 5.32. The minimum absolute atomic E-state index is 0.266. The second-order valence-corrected chi connectivity index (χ2v) is 6.49. The monoisotopic (exact) mass is 346 g/mol. The topological polar surface area (TPSA) is 54.9 Å². The molecule has 2 aliphatic carbocycles. The first-order valence-corrected chi connectivity index (χ1v) is 7.20. The van der Waals surface area contributed by atoms with Crippen molar-refractivity contribution in [3.05, 3.63) is 30.6 Å². The molecule has 1 aromatic heterocycles. The number of halogens is 1. The average Bonchev–Trinajstić information content (AvgIpc) is 2.87. The first kappa shape index (κ1) is 11.5. The van der Waals surface area contributed by atoms with Crippen LogP contribution in [-0.2, 0) is 6.54 Å². The Labute approximate surface area is 113 Å². The fraction of sp³-hybridized carbons (Fsp3) is 0.667. The van der Waals surface area contributed by atoms with Crippen LogP contribution in [-0.4, -0.2) is 9.55 Å². The minimum atomic E-state index is -0.278. The molecule has 1 N–H and O–H groups in total. The lowest BCUT2D eigenvalue weighted by atomic mass is 9.89. The van der Waals surface area contributed by atoms with Crippen molar-refractivity contribution in [3.8, 4) is 0 Å². The second kappa shape index (κ2) is 4.26. The Morgan fingerprint density at radius 3 is 2.82 bits per heavy atom. The summed E-state index contributed by atoms with van der Waals surface area (Å²) in [5.74, 6) is 2.33. The predicted octanol–water partition coefficient (Wildman–Crippen LogP) is 1.58. The van der Waals surface area contributed by atoms with E-state index in [1.807, 2.05) is 22.6 Å². The maximum absolute atomic E-state index is 11.7. The van der Waals surface area contributed by atoms with Crippen LogP contribution in [0.3, 0.4) is 0 Å². The fourth-order valence-electron chi connectivity index (χ4n) is 3.47. The summed E-state index contributed by atoms with van der Waals surface area (Å²) in [7, 11) is 0. The quantitative estimate of drug-likeness (QED) is 0.827. The third kappa shape index (κ3) is 2.09. The molecule has 4 nitrogen and oxygen atoms in total. The van der Waals surface area contributed by atoms with Gasteiger partial charge in [0, 0.05) is 12.7 Å². The van der Waals surface area contributed by atoms with E-state index in [1.54, 1.807) is 10.8 Å². The van der Waals surface area contributed by atoms with Crippen molar-refractivity contribution in [3.63, 3.8) is 0 Å². The molecule has 0 saturated heterocycles. The average molecular weight is 346 g/mol. The number of nitrogens with zero attached hydrogens (tertiary/aromatic N) is 1. The van der Waals surface area contributed by atoms with Crippen LogP contribution in [0.15, 0.2) is 15.8 Å². The van der Waals surface area contributed by atoms with E-state index in [1.165, 1.54) is 25.7 Å². The summed E-state index contributed by atoms with van der Waals surface area (Å²) < 4.78 is 2.26. The first-order valence-electron chi connectivity index (χ1n) is 6.13. The number of fused-ring (bicyclic) bond motifs is 2. The molecule has 2 aliphatic rings. The molecule has 0 aromatic carbocycles. The van der Waals surface area contributed by atoms with E-state index in [0.29, 0.717) is 9.49 Å². The highest BCUT2D eigenvalue weighted by atomic mass is 127. The molecule has 17 heavy (non-hydrogen) atoms. The highest BCUT2D eigenvalue weighted by Gasteiger charge is 2.39. The van der Waals surface area contributed by atoms with Crippen LogP contribution in [0.5, 0.6) is 0 Å². The molecule has 2 saturated carbocycles. The largest absolute Gasteiger partial charge is 0.328 e. The molecule has 1 aromatic rings. The lowest BCUT2D eigenvalue weighted by molar-refractivity contribution is 0.291. The molecule has 3 rings (SSSR count). The summed E-state index contributed by atoms with van der Waals surface area (Å²) in [6.07, 6.45) is 6.99. The van der Waals surface area contributed by atoms with Crippen molar-refractivity contribution in [1.29, 1.82) is 0 Å². The van der Waals surface area contributed by atoms with Gasteiger partial charge in [-0.25, -0.2) is 4.79 Å². The third-order valence-corrected chi connectivity index (χ3v) is 5.05. The number of hydrogen-bond acceptors (Lipinski definition) is 2. The first-order chi connectivity index (χ1) is 8.13. The highest BCUT2D eigenvalue weighted by molar-refractivity contribution is 14.1. The molecule has 3 unspecified atom stereocenters. The van der Waals surface area contributed by atoms with Crippen molar-refractivity contribution in [2.75, 3.05) is 0 Å². The summed E-state index contributed by atoms with van der Waals surface area (Å²) in [5, 5.41) is 0. The highest BCUT2D eigenvalue weighted by Crippen LogP contribution is 2.48. The molecule has 1 heterocycles. The third-order valence-electron chi connectivity index (χ3n) is 4.28. The van der Waals surface area contributed by atoms with Crippen LogP contribution in [0.2, 0.25) is 0 Å². The lowest BCUT2D eigenvalue weighted by Crippen LogP contribution is -2.33. The van der Waals surface area contributed by atoms with E-state index in [-0.39, 0.29) is 11.2 Å². The van der Waals surface area contributed by atoms with Gasteiger partial charge < -0.3 is 0 Å². The Bertz CT molecular complexity index is 548. The SMILES string of the molecule is O=c1[nH]c(=O)n(CC2CC3CCC2C3)cc1I. The van der Waals surface area contributed by atoms with Crippen LogP contribution in [0.25, 0.3) is 0 Å². The van der Waals surface area contributed by atoms with Crippen LogP contribution in [0, 0.1) is 21.3 Å². The van der Waals surface area contributed by atoms with Gasteiger partial charge in [0.15, 0.2) is 0 Å². The molecule has 3 atom stereocenters. The fourth-order valence-corrected chi connectivity index (χ4v) is 3.94. The molecule has 2 fully saturated rings. The van der Waals surface area contributed by atoms with Crippen LogP contribution >= 0.6 is 22.6 Å². The Balaban J connectivity index is 1.84. The van der Waals surface area contributed by atoms with Gasteiger partial charge in [0.1, 0.15) is 0 Å². The standard InChI is InChI=1S/C12H15IN2O2/c13-10-6-15(12(17)14-11(10)16)5-9-4-7-1-2-8(9)3-7/h6-9H,1-5H2,(H,14,16,17). The van der Waals surface area contributed by atoms with Gasteiger partial charge in [-0.15, -0.1) is 0 Å². The van der Waals surface area contributed by atoms with E-state index in [9.17, 15) is 9.59 Å². The van der Waals surface area contributed by atoms with Gasteiger partial charge in [-0.05, 0) is 59.6 Å². The smallest absolute Gasteiger partial charge is 0.299 e. The van der Waals surface area contributed by atoms with Crippen molar-refractivity contribution >= 4 is 22.6 Å². The number of H-pyrrole nitrogens is 1. The molecular weight excluding hydrogens is 331 g/mol. The van der Waals surface area contributed by atoms with Gasteiger partial charge >= 0.3 is 5.69 Å². The van der Waals surface area contributed by atoms with Gasteiger partial charge in [0.05, 0.1) is 3.57 Å². The Morgan fingerprint density at radius 1 is 1.35 bits per heavy atom. The number of aromatic amines is 1. The van der Waals surface area contributed by atoms with Gasteiger partial charge in [-0.1, -0.05) is 6.42 Å². The Kier molecular flexibility index (Phi) is 2.88. The molecule has 0 aliphatic heterocycles. The zero-order valence-corrected chi connectivity index (χ0v) is 11.6. The van der Waals surface area contributed by atoms with E-state index < -0.39 is 0 Å². The number of rotatable bonds is 2. The van der Waals surface area contributed by atoms with Crippen LogP contribution in [0.4, 0.5) is 0 Å².